The Morgan fingerprint density at radius 3 is 2.09 bits per heavy atom. The molecule has 2 nitrogen and oxygen atoms in total. The second-order valence-electron chi connectivity index (χ2n) is 2.91. The van der Waals surface area contributed by atoms with Gasteiger partial charge in [0.1, 0.15) is 0 Å². The summed E-state index contributed by atoms with van der Waals surface area (Å²) < 4.78 is 1.89. The predicted octanol–water partition coefficient (Wildman–Crippen LogP) is 2.41. The molecule has 1 saturated carbocycles. The lowest BCUT2D eigenvalue weighted by molar-refractivity contribution is 0.913. The summed E-state index contributed by atoms with van der Waals surface area (Å²) in [5, 5.41) is 0. The van der Waals surface area contributed by atoms with Crippen molar-refractivity contribution in [3.63, 3.8) is 0 Å². The second-order valence-corrected chi connectivity index (χ2v) is 2.91. The number of aromatic nitrogens is 2. The van der Waals surface area contributed by atoms with Gasteiger partial charge >= 0.3 is 0 Å². The van der Waals surface area contributed by atoms with Crippen LogP contribution < -0.4 is 0 Å². The Bertz CT molecular complexity index is 168. The zero-order valence-corrected chi connectivity index (χ0v) is 8.74. The quantitative estimate of drug-likeness (QED) is 0.655. The van der Waals surface area contributed by atoms with Crippen LogP contribution in [-0.4, -0.2) is 9.55 Å². The Balaban J connectivity index is 0.000000177. The average Bonchev–Trinajstić information content (AvgIpc) is 2.50. The lowest BCUT2D eigenvalue weighted by Crippen LogP contribution is -1.76. The monoisotopic (exact) mass is 218 g/mol. The molecule has 1 aromatic rings. The first-order chi connectivity index (χ1) is 4.79. The maximum Gasteiger partial charge on any atom is 0.0943 e. The van der Waals surface area contributed by atoms with E-state index >= 15 is 0 Å². The first-order valence-corrected chi connectivity index (χ1v) is 3.71. The van der Waals surface area contributed by atoms with E-state index in [1.807, 2.05) is 17.8 Å². The van der Waals surface area contributed by atoms with Crippen LogP contribution in [0, 0.1) is 5.92 Å². The molecule has 1 aliphatic rings. The summed E-state index contributed by atoms with van der Waals surface area (Å²) in [6, 6.07) is 0. The van der Waals surface area contributed by atoms with Crippen molar-refractivity contribution in [2.75, 3.05) is 0 Å². The number of aryl methyl sites for hydroxylation is 1. The largest absolute Gasteiger partial charge is 0.341 e. The standard InChI is InChI=1S/C4H6N2.C4H8.BrH/c1-6-3-2-5-4-6;1-4-2-3-4;/h2-4H,1H3;4H,2-3H2,1H3;1H. The van der Waals surface area contributed by atoms with E-state index in [4.69, 9.17) is 0 Å². The molecule has 0 N–H and O–H groups in total. The molecule has 0 aliphatic heterocycles. The molecule has 3 heteroatoms. The van der Waals surface area contributed by atoms with Gasteiger partial charge in [-0.1, -0.05) is 19.8 Å². The molecular weight excluding hydrogens is 204 g/mol. The molecule has 0 aromatic carbocycles. The number of hydrogen-bond donors (Lipinski definition) is 0. The van der Waals surface area contributed by atoms with Crippen molar-refractivity contribution >= 4 is 17.0 Å². The van der Waals surface area contributed by atoms with Gasteiger partial charge < -0.3 is 4.57 Å². The Morgan fingerprint density at radius 1 is 1.45 bits per heavy atom. The third kappa shape index (κ3) is 6.10. The van der Waals surface area contributed by atoms with Gasteiger partial charge in [0.05, 0.1) is 6.33 Å². The topological polar surface area (TPSA) is 17.8 Å². The summed E-state index contributed by atoms with van der Waals surface area (Å²) in [5.74, 6) is 1.08. The van der Waals surface area contributed by atoms with E-state index in [2.05, 4.69) is 11.9 Å². The molecule has 0 unspecified atom stereocenters. The van der Waals surface area contributed by atoms with Crippen LogP contribution in [0.15, 0.2) is 18.7 Å². The fourth-order valence-electron chi connectivity index (χ4n) is 0.492. The number of rotatable bonds is 0. The van der Waals surface area contributed by atoms with Gasteiger partial charge in [-0.05, 0) is 5.92 Å². The van der Waals surface area contributed by atoms with E-state index in [0.717, 1.165) is 5.92 Å². The van der Waals surface area contributed by atoms with Crippen LogP contribution in [0.1, 0.15) is 19.8 Å². The van der Waals surface area contributed by atoms with Gasteiger partial charge in [-0.3, -0.25) is 0 Å². The summed E-state index contributed by atoms with van der Waals surface area (Å²) in [4.78, 5) is 3.78. The van der Waals surface area contributed by atoms with E-state index in [9.17, 15) is 0 Å². The van der Waals surface area contributed by atoms with E-state index in [0.29, 0.717) is 0 Å². The highest BCUT2D eigenvalue weighted by atomic mass is 79.9. The van der Waals surface area contributed by atoms with Crippen LogP contribution in [0.25, 0.3) is 0 Å². The third-order valence-electron chi connectivity index (χ3n) is 1.50. The van der Waals surface area contributed by atoms with E-state index in [1.165, 1.54) is 12.8 Å². The van der Waals surface area contributed by atoms with Gasteiger partial charge in [0.15, 0.2) is 0 Å². The molecule has 0 radical (unpaired) electrons. The van der Waals surface area contributed by atoms with E-state index in [-0.39, 0.29) is 17.0 Å². The van der Waals surface area contributed by atoms with Crippen molar-refractivity contribution in [1.82, 2.24) is 9.55 Å². The van der Waals surface area contributed by atoms with E-state index < -0.39 is 0 Å². The van der Waals surface area contributed by atoms with Crippen molar-refractivity contribution in [3.8, 4) is 0 Å². The van der Waals surface area contributed by atoms with Crippen LogP contribution in [0.2, 0.25) is 0 Å². The van der Waals surface area contributed by atoms with Gasteiger partial charge in [-0.15, -0.1) is 17.0 Å². The summed E-state index contributed by atoms with van der Waals surface area (Å²) in [6.07, 6.45) is 8.36. The molecule has 1 aromatic heterocycles. The van der Waals surface area contributed by atoms with Crippen molar-refractivity contribution in [3.05, 3.63) is 18.7 Å². The van der Waals surface area contributed by atoms with Crippen LogP contribution in [0.4, 0.5) is 0 Å². The maximum atomic E-state index is 3.78. The fraction of sp³-hybridized carbons (Fsp3) is 0.625. The smallest absolute Gasteiger partial charge is 0.0943 e. The number of halogens is 1. The molecule has 64 valence electrons. The number of hydrogen-bond acceptors (Lipinski definition) is 1. The van der Waals surface area contributed by atoms with Crippen LogP contribution in [-0.2, 0) is 7.05 Å². The lowest BCUT2D eigenvalue weighted by atomic mass is 10.5. The first kappa shape index (κ1) is 10.7. The molecule has 0 bridgehead atoms. The van der Waals surface area contributed by atoms with Crippen molar-refractivity contribution in [2.24, 2.45) is 13.0 Å². The highest BCUT2D eigenvalue weighted by Gasteiger charge is 2.12. The third-order valence-corrected chi connectivity index (χ3v) is 1.50. The Hall–Kier alpha value is -0.310. The lowest BCUT2D eigenvalue weighted by Gasteiger charge is -1.76. The zero-order valence-electron chi connectivity index (χ0n) is 7.03. The minimum Gasteiger partial charge on any atom is -0.341 e. The minimum absolute atomic E-state index is 0. The van der Waals surface area contributed by atoms with Crippen molar-refractivity contribution in [2.45, 2.75) is 19.8 Å². The Morgan fingerprint density at radius 2 is 2.00 bits per heavy atom. The number of imidazole rings is 1. The van der Waals surface area contributed by atoms with Crippen molar-refractivity contribution < 1.29 is 0 Å². The maximum absolute atomic E-state index is 3.78. The van der Waals surface area contributed by atoms with Crippen LogP contribution in [0.3, 0.4) is 0 Å². The molecule has 2 rings (SSSR count). The molecule has 11 heavy (non-hydrogen) atoms. The number of nitrogens with zero attached hydrogens (tertiary/aromatic N) is 2. The summed E-state index contributed by atoms with van der Waals surface area (Å²) in [5.41, 5.74) is 0. The summed E-state index contributed by atoms with van der Waals surface area (Å²) in [7, 11) is 1.94. The van der Waals surface area contributed by atoms with E-state index in [1.54, 1.807) is 12.5 Å². The summed E-state index contributed by atoms with van der Waals surface area (Å²) >= 11 is 0. The first-order valence-electron chi connectivity index (χ1n) is 3.71. The normalized spacial score (nSPS) is 14.4. The Kier molecular flexibility index (Phi) is 5.20. The van der Waals surface area contributed by atoms with Crippen molar-refractivity contribution in [1.29, 1.82) is 0 Å². The molecule has 0 saturated heterocycles. The molecule has 0 amide bonds. The molecule has 1 heterocycles. The average molecular weight is 219 g/mol. The minimum atomic E-state index is 0. The van der Waals surface area contributed by atoms with Gasteiger partial charge in [0.2, 0.25) is 0 Å². The molecular formula is C8H15BrN2. The fourth-order valence-corrected chi connectivity index (χ4v) is 0.492. The van der Waals surface area contributed by atoms with Crippen LogP contribution in [0.5, 0.6) is 0 Å². The molecule has 1 fully saturated rings. The van der Waals surface area contributed by atoms with Crippen LogP contribution >= 0.6 is 17.0 Å². The molecule has 1 aliphatic carbocycles. The molecule has 0 spiro atoms. The van der Waals surface area contributed by atoms with Gasteiger partial charge in [-0.2, -0.15) is 0 Å². The highest BCUT2D eigenvalue weighted by molar-refractivity contribution is 8.93. The SMILES string of the molecule is Br.CC1CC1.Cn1ccnc1. The van der Waals surface area contributed by atoms with Gasteiger partial charge in [-0.25, -0.2) is 4.98 Å². The highest BCUT2D eigenvalue weighted by Crippen LogP contribution is 2.26. The van der Waals surface area contributed by atoms with Gasteiger partial charge in [0, 0.05) is 19.4 Å². The summed E-state index contributed by atoms with van der Waals surface area (Å²) in [6.45, 7) is 2.28. The van der Waals surface area contributed by atoms with Gasteiger partial charge in [0.25, 0.3) is 0 Å². The molecule has 0 atom stereocenters. The second kappa shape index (κ2) is 5.35. The predicted molar refractivity (Wildman–Crippen MR) is 51.9 cm³/mol. The zero-order chi connectivity index (χ0) is 7.40. The Labute approximate surface area is 78.4 Å².